The number of carbonyl (C=O) groups is 2. The van der Waals surface area contributed by atoms with E-state index in [1.54, 1.807) is 0 Å². The molecule has 0 unspecified atom stereocenters. The number of esters is 2. The van der Waals surface area contributed by atoms with Gasteiger partial charge in [0.25, 0.3) is 0 Å². The molecule has 0 atom stereocenters. The van der Waals surface area contributed by atoms with Crippen LogP contribution < -0.4 is 0 Å². The van der Waals surface area contributed by atoms with Crippen LogP contribution >= 0.6 is 15.9 Å². The van der Waals surface area contributed by atoms with Gasteiger partial charge < -0.3 is 9.47 Å². The number of carbonyl (C=O) groups excluding carboxylic acids is 2. The molecular formula is C23H43BrO4. The van der Waals surface area contributed by atoms with Gasteiger partial charge in [-0.3, -0.25) is 9.59 Å². The molecule has 0 amide bonds. The summed E-state index contributed by atoms with van der Waals surface area (Å²) >= 11 is 3.09. The van der Waals surface area contributed by atoms with Crippen molar-refractivity contribution < 1.29 is 19.1 Å². The van der Waals surface area contributed by atoms with Crippen molar-refractivity contribution in [1.29, 1.82) is 0 Å². The van der Waals surface area contributed by atoms with Crippen molar-refractivity contribution in [2.75, 3.05) is 13.2 Å². The van der Waals surface area contributed by atoms with E-state index in [1.165, 1.54) is 51.4 Å². The molecule has 0 spiro atoms. The van der Waals surface area contributed by atoms with E-state index in [1.807, 2.05) is 0 Å². The third-order valence-electron chi connectivity index (χ3n) is 4.75. The Balaban J connectivity index is 3.57. The first-order valence-electron chi connectivity index (χ1n) is 11.3. The summed E-state index contributed by atoms with van der Waals surface area (Å²) in [5.74, 6) is 0.453. The molecule has 0 aromatic heterocycles. The fourth-order valence-electron chi connectivity index (χ4n) is 2.96. The Morgan fingerprint density at radius 1 is 0.607 bits per heavy atom. The van der Waals surface area contributed by atoms with Crippen molar-refractivity contribution in [3.8, 4) is 0 Å². The van der Waals surface area contributed by atoms with Gasteiger partial charge in [-0.1, -0.05) is 108 Å². The lowest BCUT2D eigenvalue weighted by atomic mass is 10.0. The van der Waals surface area contributed by atoms with Crippen LogP contribution in [0, 0.1) is 11.8 Å². The summed E-state index contributed by atoms with van der Waals surface area (Å²) in [5.41, 5.74) is 0. The average molecular weight is 463 g/mol. The van der Waals surface area contributed by atoms with E-state index >= 15 is 0 Å². The quantitative estimate of drug-likeness (QED) is 0.0968. The van der Waals surface area contributed by atoms with E-state index in [-0.39, 0.29) is 0 Å². The minimum absolute atomic E-state index is 0.370. The first-order valence-corrected chi connectivity index (χ1v) is 12.2. The highest BCUT2D eigenvalue weighted by Gasteiger charge is 2.26. The van der Waals surface area contributed by atoms with Crippen LogP contribution in [-0.2, 0) is 19.1 Å². The van der Waals surface area contributed by atoms with E-state index in [4.69, 9.17) is 9.47 Å². The highest BCUT2D eigenvalue weighted by molar-refractivity contribution is 9.10. The van der Waals surface area contributed by atoms with Crippen molar-refractivity contribution in [2.24, 2.45) is 11.8 Å². The Bertz CT molecular complexity index is 360. The summed E-state index contributed by atoms with van der Waals surface area (Å²) in [7, 11) is 0. The lowest BCUT2D eigenvalue weighted by molar-refractivity contribution is -0.153. The maximum Gasteiger partial charge on any atom is 0.331 e. The van der Waals surface area contributed by atoms with E-state index in [0.29, 0.717) is 13.2 Å². The Labute approximate surface area is 181 Å². The van der Waals surface area contributed by atoms with Crippen molar-refractivity contribution >= 4 is 27.9 Å². The predicted molar refractivity (Wildman–Crippen MR) is 120 cm³/mol. The molecule has 4 nitrogen and oxygen atoms in total. The maximum atomic E-state index is 11.9. The minimum Gasteiger partial charge on any atom is -0.464 e. The predicted octanol–water partition coefficient (Wildman–Crippen LogP) is 6.83. The van der Waals surface area contributed by atoms with Crippen LogP contribution in [0.2, 0.25) is 0 Å². The Morgan fingerprint density at radius 3 is 1.29 bits per heavy atom. The number of alkyl halides is 1. The molecule has 0 heterocycles. The van der Waals surface area contributed by atoms with Crippen molar-refractivity contribution in [3.05, 3.63) is 0 Å². The summed E-state index contributed by atoms with van der Waals surface area (Å²) in [4.78, 5) is 22.8. The third kappa shape index (κ3) is 17.5. The van der Waals surface area contributed by atoms with Gasteiger partial charge in [0.1, 0.15) is 0 Å². The fraction of sp³-hybridized carbons (Fsp3) is 0.913. The molecule has 166 valence electrons. The number of rotatable bonds is 18. The molecule has 0 aliphatic carbocycles. The standard InChI is InChI=1S/C23H43BrO4/c1-19(2)15-11-7-5-9-13-17-27-22(25)21(24)23(26)28-18-14-10-6-8-12-16-20(3)4/h19-21H,5-18H2,1-4H3. The van der Waals surface area contributed by atoms with Crippen molar-refractivity contribution in [3.63, 3.8) is 0 Å². The van der Waals surface area contributed by atoms with E-state index < -0.39 is 16.8 Å². The molecule has 0 rings (SSSR count). The number of hydrogen-bond donors (Lipinski definition) is 0. The van der Waals surface area contributed by atoms with Crippen LogP contribution in [0.15, 0.2) is 0 Å². The van der Waals surface area contributed by atoms with Gasteiger partial charge in [0, 0.05) is 0 Å². The van der Waals surface area contributed by atoms with Gasteiger partial charge in [-0.2, -0.15) is 0 Å². The van der Waals surface area contributed by atoms with Crippen LogP contribution in [0.3, 0.4) is 0 Å². The minimum atomic E-state index is -1.01. The largest absolute Gasteiger partial charge is 0.464 e. The highest BCUT2D eigenvalue weighted by Crippen LogP contribution is 2.12. The SMILES string of the molecule is CC(C)CCCCCCCOC(=O)C(Br)C(=O)OCCCCCCCC(C)C. The molecule has 0 saturated carbocycles. The molecule has 0 radical (unpaired) electrons. The number of ether oxygens (including phenoxy) is 2. The van der Waals surface area contributed by atoms with Crippen LogP contribution in [0.5, 0.6) is 0 Å². The molecular weight excluding hydrogens is 420 g/mol. The van der Waals surface area contributed by atoms with E-state index in [0.717, 1.165) is 37.5 Å². The molecule has 0 bridgehead atoms. The Kier molecular flexibility index (Phi) is 18.1. The molecule has 0 aliphatic rings. The first kappa shape index (κ1) is 27.4. The molecule has 0 fully saturated rings. The lowest BCUT2D eigenvalue weighted by Gasteiger charge is -2.10. The van der Waals surface area contributed by atoms with Gasteiger partial charge in [0.2, 0.25) is 4.83 Å². The zero-order chi connectivity index (χ0) is 21.2. The summed E-state index contributed by atoms with van der Waals surface area (Å²) in [6.07, 6.45) is 13.7. The first-order chi connectivity index (χ1) is 13.3. The van der Waals surface area contributed by atoms with Gasteiger partial charge in [-0.05, 0) is 24.7 Å². The van der Waals surface area contributed by atoms with Crippen LogP contribution in [0.25, 0.3) is 0 Å². The summed E-state index contributed by atoms with van der Waals surface area (Å²) in [6.45, 7) is 9.72. The van der Waals surface area contributed by atoms with E-state index in [9.17, 15) is 9.59 Å². The van der Waals surface area contributed by atoms with Gasteiger partial charge >= 0.3 is 11.9 Å². The molecule has 0 aromatic carbocycles. The second kappa shape index (κ2) is 18.4. The third-order valence-corrected chi connectivity index (χ3v) is 5.50. The van der Waals surface area contributed by atoms with Gasteiger partial charge in [0.15, 0.2) is 0 Å². The summed E-state index contributed by atoms with van der Waals surface area (Å²) < 4.78 is 10.3. The topological polar surface area (TPSA) is 52.6 Å². The summed E-state index contributed by atoms with van der Waals surface area (Å²) in [5, 5.41) is 0. The van der Waals surface area contributed by atoms with Crippen LogP contribution in [-0.4, -0.2) is 30.0 Å². The highest BCUT2D eigenvalue weighted by atomic mass is 79.9. The van der Waals surface area contributed by atoms with Crippen molar-refractivity contribution in [2.45, 2.75) is 110 Å². The Morgan fingerprint density at radius 2 is 0.929 bits per heavy atom. The number of halogens is 1. The lowest BCUT2D eigenvalue weighted by Crippen LogP contribution is -2.28. The monoisotopic (exact) mass is 462 g/mol. The summed E-state index contributed by atoms with van der Waals surface area (Å²) in [6, 6.07) is 0. The molecule has 28 heavy (non-hydrogen) atoms. The zero-order valence-corrected chi connectivity index (χ0v) is 20.2. The van der Waals surface area contributed by atoms with Gasteiger partial charge in [-0.25, -0.2) is 0 Å². The molecule has 0 N–H and O–H groups in total. The van der Waals surface area contributed by atoms with Crippen LogP contribution in [0.4, 0.5) is 0 Å². The molecule has 0 aliphatic heterocycles. The smallest absolute Gasteiger partial charge is 0.331 e. The van der Waals surface area contributed by atoms with Crippen molar-refractivity contribution in [1.82, 2.24) is 0 Å². The fourth-order valence-corrected chi connectivity index (χ4v) is 3.22. The molecule has 0 saturated heterocycles. The molecule has 0 aromatic rings. The normalized spacial score (nSPS) is 11.4. The number of unbranched alkanes of at least 4 members (excludes halogenated alkanes) is 8. The Hall–Kier alpha value is -0.580. The molecule has 5 heteroatoms. The zero-order valence-electron chi connectivity index (χ0n) is 18.6. The second-order valence-electron chi connectivity index (χ2n) is 8.60. The van der Waals surface area contributed by atoms with Crippen LogP contribution in [0.1, 0.15) is 105 Å². The average Bonchev–Trinajstić information content (AvgIpc) is 2.64. The second-order valence-corrected chi connectivity index (χ2v) is 9.51. The van der Waals surface area contributed by atoms with Gasteiger partial charge in [0.05, 0.1) is 13.2 Å². The van der Waals surface area contributed by atoms with Gasteiger partial charge in [-0.15, -0.1) is 0 Å². The maximum absolute atomic E-state index is 11.9. The van der Waals surface area contributed by atoms with E-state index in [2.05, 4.69) is 43.6 Å². The number of hydrogen-bond acceptors (Lipinski definition) is 4.